The normalized spacial score (nSPS) is 13.2. The third-order valence-corrected chi connectivity index (χ3v) is 5.87. The summed E-state index contributed by atoms with van der Waals surface area (Å²) in [6.07, 6.45) is 1.51. The Morgan fingerprint density at radius 3 is 2.29 bits per heavy atom. The van der Waals surface area contributed by atoms with Gasteiger partial charge in [0.25, 0.3) is 11.8 Å². The van der Waals surface area contributed by atoms with Gasteiger partial charge < -0.3 is 29.0 Å². The number of nitrogens with one attached hydrogen (secondary N) is 2. The number of benzene rings is 2. The first-order valence-corrected chi connectivity index (χ1v) is 11.4. The quantitative estimate of drug-likeness (QED) is 0.504. The average Bonchev–Trinajstić information content (AvgIpc) is 3.43. The van der Waals surface area contributed by atoms with Crippen molar-refractivity contribution in [1.29, 1.82) is 0 Å². The molecule has 0 bridgehead atoms. The molecule has 9 nitrogen and oxygen atoms in total. The predicted molar refractivity (Wildman–Crippen MR) is 136 cm³/mol. The minimum absolute atomic E-state index is 0.0853. The van der Waals surface area contributed by atoms with Crippen molar-refractivity contribution >= 4 is 40.5 Å². The van der Waals surface area contributed by atoms with E-state index >= 15 is 0 Å². The van der Waals surface area contributed by atoms with Crippen molar-refractivity contribution in [3.8, 4) is 11.5 Å². The topological polar surface area (TPSA) is 96.3 Å². The highest BCUT2D eigenvalue weighted by molar-refractivity contribution is 7.80. The number of ether oxygens (including phenoxy) is 2. The maximum absolute atomic E-state index is 12.5. The Hall–Kier alpha value is -4.05. The van der Waals surface area contributed by atoms with Crippen LogP contribution in [0.25, 0.3) is 0 Å². The lowest BCUT2D eigenvalue weighted by molar-refractivity contribution is 0.0714. The van der Waals surface area contributed by atoms with E-state index in [1.54, 1.807) is 35.2 Å². The number of amides is 2. The molecule has 2 amide bonds. The summed E-state index contributed by atoms with van der Waals surface area (Å²) in [5, 5.41) is 5.87. The molecule has 0 unspecified atom stereocenters. The summed E-state index contributed by atoms with van der Waals surface area (Å²) in [5.41, 5.74) is 2.19. The zero-order valence-corrected chi connectivity index (χ0v) is 20.3. The molecule has 1 aromatic heterocycles. The smallest absolute Gasteiger partial charge is 0.289 e. The van der Waals surface area contributed by atoms with E-state index < -0.39 is 0 Å². The van der Waals surface area contributed by atoms with E-state index in [2.05, 4.69) is 15.5 Å². The standard InChI is InChI=1S/C25H26N4O5S/c1-32-20-10-5-17(16-22(20)33-2)23(30)27-25(35)26-18-6-8-19(9-7-18)28-11-13-29(14-12-28)24(31)21-4-3-15-34-21/h3-10,15-16H,11-14H2,1-2H3,(H2,26,27,30,35). The molecule has 2 heterocycles. The number of carbonyl (C=O) groups is 2. The van der Waals surface area contributed by atoms with E-state index in [0.717, 1.165) is 24.5 Å². The van der Waals surface area contributed by atoms with Crippen LogP contribution in [0.1, 0.15) is 20.9 Å². The van der Waals surface area contributed by atoms with Gasteiger partial charge in [-0.1, -0.05) is 0 Å². The zero-order valence-electron chi connectivity index (χ0n) is 19.4. The van der Waals surface area contributed by atoms with Crippen LogP contribution in [0.3, 0.4) is 0 Å². The van der Waals surface area contributed by atoms with Gasteiger partial charge in [-0.3, -0.25) is 14.9 Å². The molecule has 0 saturated carbocycles. The van der Waals surface area contributed by atoms with Crippen LogP contribution in [0, 0.1) is 0 Å². The maximum atomic E-state index is 12.5. The molecule has 2 N–H and O–H groups in total. The van der Waals surface area contributed by atoms with Gasteiger partial charge in [-0.15, -0.1) is 0 Å². The molecule has 1 saturated heterocycles. The second-order valence-corrected chi connectivity index (χ2v) is 8.19. The first-order valence-electron chi connectivity index (χ1n) is 11.0. The first-order chi connectivity index (χ1) is 17.0. The van der Waals surface area contributed by atoms with E-state index in [4.69, 9.17) is 26.1 Å². The Kier molecular flexibility index (Phi) is 7.51. The summed E-state index contributed by atoms with van der Waals surface area (Å²) in [5.74, 6) is 0.916. The number of carbonyl (C=O) groups excluding carboxylic acids is 2. The van der Waals surface area contributed by atoms with Gasteiger partial charge in [-0.25, -0.2) is 0 Å². The Morgan fingerprint density at radius 1 is 0.943 bits per heavy atom. The van der Waals surface area contributed by atoms with Gasteiger partial charge in [-0.05, 0) is 66.8 Å². The van der Waals surface area contributed by atoms with Crippen LogP contribution in [0.5, 0.6) is 11.5 Å². The molecule has 0 atom stereocenters. The molecular weight excluding hydrogens is 468 g/mol. The number of thiocarbonyl (C=S) groups is 1. The van der Waals surface area contributed by atoms with Gasteiger partial charge in [0.15, 0.2) is 22.4 Å². The van der Waals surface area contributed by atoms with E-state index in [-0.39, 0.29) is 16.9 Å². The van der Waals surface area contributed by atoms with Crippen molar-refractivity contribution in [3.63, 3.8) is 0 Å². The largest absolute Gasteiger partial charge is 0.493 e. The van der Waals surface area contributed by atoms with Gasteiger partial charge in [-0.2, -0.15) is 0 Å². The lowest BCUT2D eigenvalue weighted by atomic mass is 10.2. The molecule has 3 aromatic rings. The molecule has 10 heteroatoms. The molecule has 0 radical (unpaired) electrons. The summed E-state index contributed by atoms with van der Waals surface area (Å²) >= 11 is 5.30. The van der Waals surface area contributed by atoms with E-state index in [0.29, 0.717) is 35.9 Å². The molecule has 4 rings (SSSR count). The minimum Gasteiger partial charge on any atom is -0.493 e. The average molecular weight is 495 g/mol. The minimum atomic E-state index is -0.359. The van der Waals surface area contributed by atoms with Crippen LogP contribution < -0.4 is 25.0 Å². The SMILES string of the molecule is COc1ccc(C(=O)NC(=S)Nc2ccc(N3CCN(C(=O)c4ccco4)CC3)cc2)cc1OC. The van der Waals surface area contributed by atoms with Crippen LogP contribution in [0.15, 0.2) is 65.3 Å². The highest BCUT2D eigenvalue weighted by Crippen LogP contribution is 2.27. The van der Waals surface area contributed by atoms with Crippen LogP contribution >= 0.6 is 12.2 Å². The second kappa shape index (κ2) is 10.9. The molecule has 2 aromatic carbocycles. The number of anilines is 2. The zero-order chi connectivity index (χ0) is 24.8. The number of furan rings is 1. The van der Waals surface area contributed by atoms with Crippen molar-refractivity contribution in [2.45, 2.75) is 0 Å². The number of rotatable bonds is 6. The van der Waals surface area contributed by atoms with Gasteiger partial charge in [0, 0.05) is 43.1 Å². The summed E-state index contributed by atoms with van der Waals surface area (Å²) < 4.78 is 15.7. The van der Waals surface area contributed by atoms with Crippen LogP contribution in [-0.2, 0) is 0 Å². The Labute approximate surface area is 208 Å². The van der Waals surface area contributed by atoms with Gasteiger partial charge in [0.2, 0.25) is 0 Å². The summed E-state index contributed by atoms with van der Waals surface area (Å²) in [6.45, 7) is 2.68. The monoisotopic (exact) mass is 494 g/mol. The van der Waals surface area contributed by atoms with Gasteiger partial charge in [0.05, 0.1) is 20.5 Å². The lowest BCUT2D eigenvalue weighted by Gasteiger charge is -2.35. The van der Waals surface area contributed by atoms with E-state index in [9.17, 15) is 9.59 Å². The fourth-order valence-corrected chi connectivity index (χ4v) is 4.01. The third kappa shape index (κ3) is 5.72. The van der Waals surface area contributed by atoms with Crippen molar-refractivity contribution in [1.82, 2.24) is 10.2 Å². The summed E-state index contributed by atoms with van der Waals surface area (Å²) in [6, 6.07) is 16.0. The molecule has 0 aliphatic carbocycles. The lowest BCUT2D eigenvalue weighted by Crippen LogP contribution is -2.48. The van der Waals surface area contributed by atoms with E-state index in [1.807, 2.05) is 24.3 Å². The fourth-order valence-electron chi connectivity index (χ4n) is 3.79. The van der Waals surface area contributed by atoms with Crippen molar-refractivity contribution < 1.29 is 23.5 Å². The van der Waals surface area contributed by atoms with Gasteiger partial charge >= 0.3 is 0 Å². The molecule has 182 valence electrons. The molecule has 0 spiro atoms. The third-order valence-electron chi connectivity index (χ3n) is 5.66. The summed E-state index contributed by atoms with van der Waals surface area (Å²) in [4.78, 5) is 29.0. The molecule has 35 heavy (non-hydrogen) atoms. The number of nitrogens with zero attached hydrogens (tertiary/aromatic N) is 2. The number of methoxy groups -OCH3 is 2. The Morgan fingerprint density at radius 2 is 1.66 bits per heavy atom. The van der Waals surface area contributed by atoms with Crippen molar-refractivity contribution in [2.75, 3.05) is 50.6 Å². The molecular formula is C25H26N4O5S. The molecule has 1 aliphatic rings. The first kappa shape index (κ1) is 24.1. The predicted octanol–water partition coefficient (Wildman–Crippen LogP) is 3.39. The highest BCUT2D eigenvalue weighted by atomic mass is 32.1. The number of hydrogen-bond donors (Lipinski definition) is 2. The maximum Gasteiger partial charge on any atom is 0.289 e. The fraction of sp³-hybridized carbons (Fsp3) is 0.240. The van der Waals surface area contributed by atoms with Crippen LogP contribution in [-0.4, -0.2) is 62.2 Å². The molecule has 1 fully saturated rings. The van der Waals surface area contributed by atoms with Crippen LogP contribution in [0.2, 0.25) is 0 Å². The van der Waals surface area contributed by atoms with Crippen molar-refractivity contribution in [3.05, 3.63) is 72.2 Å². The Bertz CT molecular complexity index is 1190. The molecule has 1 aliphatic heterocycles. The highest BCUT2D eigenvalue weighted by Gasteiger charge is 2.23. The number of hydrogen-bond acceptors (Lipinski definition) is 7. The number of piperazine rings is 1. The van der Waals surface area contributed by atoms with Gasteiger partial charge in [0.1, 0.15) is 0 Å². The Balaban J connectivity index is 1.29. The second-order valence-electron chi connectivity index (χ2n) is 7.78. The summed E-state index contributed by atoms with van der Waals surface area (Å²) in [7, 11) is 3.04. The van der Waals surface area contributed by atoms with Crippen molar-refractivity contribution in [2.24, 2.45) is 0 Å². The van der Waals surface area contributed by atoms with E-state index in [1.165, 1.54) is 20.5 Å². The van der Waals surface area contributed by atoms with Crippen LogP contribution in [0.4, 0.5) is 11.4 Å².